The van der Waals surface area contributed by atoms with E-state index in [-0.39, 0.29) is 0 Å². The Hall–Kier alpha value is -1.89. The Morgan fingerprint density at radius 1 is 1.11 bits per heavy atom. The lowest BCUT2D eigenvalue weighted by Gasteiger charge is -2.27. The van der Waals surface area contributed by atoms with Crippen molar-refractivity contribution in [2.45, 2.75) is 51.5 Å². The van der Waals surface area contributed by atoms with Crippen LogP contribution in [0.15, 0.2) is 59.1 Å². The van der Waals surface area contributed by atoms with E-state index in [2.05, 4.69) is 21.2 Å². The monoisotopic (exact) mass is 449 g/mol. The quantitative estimate of drug-likeness (QED) is 0.557. The first-order valence-corrected chi connectivity index (χ1v) is 10.1. The second kappa shape index (κ2) is 10.6. The molecule has 0 aliphatic carbocycles. The van der Waals surface area contributed by atoms with Crippen LogP contribution in [0.3, 0.4) is 0 Å². The molecule has 0 heterocycles. The van der Waals surface area contributed by atoms with E-state index in [1.807, 2.05) is 54.6 Å². The van der Waals surface area contributed by atoms with Gasteiger partial charge in [-0.05, 0) is 50.5 Å². The maximum absolute atomic E-state index is 12.2. The highest BCUT2D eigenvalue weighted by molar-refractivity contribution is 9.10. The van der Waals surface area contributed by atoms with E-state index in [9.17, 15) is 9.90 Å². The number of halogens is 1. The van der Waals surface area contributed by atoms with Crippen LogP contribution in [0.25, 0.3) is 0 Å². The molecule has 28 heavy (non-hydrogen) atoms. The zero-order chi connectivity index (χ0) is 20.6. The number of hydrogen-bond donors (Lipinski definition) is 2. The van der Waals surface area contributed by atoms with E-state index in [4.69, 9.17) is 9.47 Å². The molecule has 2 atom stereocenters. The summed E-state index contributed by atoms with van der Waals surface area (Å²) in [5.41, 5.74) is 1.18. The predicted octanol–water partition coefficient (Wildman–Crippen LogP) is 4.98. The molecule has 0 aliphatic heterocycles. The van der Waals surface area contributed by atoms with Gasteiger partial charge in [0.1, 0.15) is 5.60 Å². The summed E-state index contributed by atoms with van der Waals surface area (Å²) in [6.07, 6.45) is -0.985. The molecular formula is C22H28BrNO4. The smallest absolute Gasteiger partial charge is 0.407 e. The van der Waals surface area contributed by atoms with Gasteiger partial charge in [0, 0.05) is 11.1 Å². The average molecular weight is 450 g/mol. The van der Waals surface area contributed by atoms with Crippen molar-refractivity contribution in [2.24, 2.45) is 0 Å². The molecular weight excluding hydrogens is 422 g/mol. The fourth-order valence-electron chi connectivity index (χ4n) is 2.63. The Kier molecular flexibility index (Phi) is 8.48. The molecule has 2 rings (SSSR count). The number of aliphatic hydroxyl groups excluding tert-OH is 1. The van der Waals surface area contributed by atoms with E-state index >= 15 is 0 Å². The van der Waals surface area contributed by atoms with Crippen molar-refractivity contribution < 1.29 is 19.4 Å². The number of carbonyl (C=O) groups is 1. The van der Waals surface area contributed by atoms with E-state index in [1.54, 1.807) is 20.8 Å². The molecule has 2 unspecified atom stereocenters. The first-order valence-electron chi connectivity index (χ1n) is 9.29. The van der Waals surface area contributed by atoms with E-state index in [1.165, 1.54) is 0 Å². The minimum Gasteiger partial charge on any atom is -0.444 e. The van der Waals surface area contributed by atoms with Gasteiger partial charge in [0.05, 0.1) is 18.8 Å². The lowest BCUT2D eigenvalue weighted by atomic mass is 10.00. The highest BCUT2D eigenvalue weighted by Crippen LogP contribution is 2.22. The number of ether oxygens (including phenoxy) is 2. The van der Waals surface area contributed by atoms with Crippen molar-refractivity contribution in [2.75, 3.05) is 6.61 Å². The van der Waals surface area contributed by atoms with E-state index in [0.717, 1.165) is 10.0 Å². The van der Waals surface area contributed by atoms with Gasteiger partial charge < -0.3 is 19.9 Å². The third-order valence-corrected chi connectivity index (χ3v) is 4.51. The molecule has 0 saturated carbocycles. The second-order valence-electron chi connectivity index (χ2n) is 7.58. The average Bonchev–Trinajstić information content (AvgIpc) is 2.63. The fraction of sp³-hybridized carbons (Fsp3) is 0.409. The molecule has 0 aliphatic rings. The van der Waals surface area contributed by atoms with Crippen LogP contribution >= 0.6 is 15.9 Å². The first kappa shape index (κ1) is 22.4. The topological polar surface area (TPSA) is 67.8 Å². The SMILES string of the molecule is CC(C)(C)OC(=O)NC(CCOCc1ccccc1)C(O)c1ccc(Br)cc1. The van der Waals surface area contributed by atoms with E-state index < -0.39 is 23.8 Å². The van der Waals surface area contributed by atoms with Crippen molar-refractivity contribution >= 4 is 22.0 Å². The van der Waals surface area contributed by atoms with Crippen LogP contribution in [0.5, 0.6) is 0 Å². The first-order chi connectivity index (χ1) is 13.2. The second-order valence-corrected chi connectivity index (χ2v) is 8.49. The highest BCUT2D eigenvalue weighted by Gasteiger charge is 2.25. The van der Waals surface area contributed by atoms with Crippen LogP contribution in [0.2, 0.25) is 0 Å². The summed E-state index contributed by atoms with van der Waals surface area (Å²) in [7, 11) is 0. The lowest BCUT2D eigenvalue weighted by molar-refractivity contribution is 0.0355. The van der Waals surface area contributed by atoms with Crippen molar-refractivity contribution in [1.29, 1.82) is 0 Å². The van der Waals surface area contributed by atoms with Crippen LogP contribution in [0.4, 0.5) is 4.79 Å². The maximum Gasteiger partial charge on any atom is 0.407 e. The summed E-state index contributed by atoms with van der Waals surface area (Å²) < 4.78 is 12.0. The molecule has 6 heteroatoms. The largest absolute Gasteiger partial charge is 0.444 e. The third-order valence-electron chi connectivity index (χ3n) is 3.98. The molecule has 2 N–H and O–H groups in total. The Balaban J connectivity index is 1.98. The normalized spacial score (nSPS) is 13.6. The molecule has 5 nitrogen and oxygen atoms in total. The van der Waals surface area contributed by atoms with Gasteiger partial charge in [0.25, 0.3) is 0 Å². The number of rotatable bonds is 8. The Bertz CT molecular complexity index is 728. The van der Waals surface area contributed by atoms with Gasteiger partial charge in [0.15, 0.2) is 0 Å². The van der Waals surface area contributed by atoms with Crippen LogP contribution in [0, 0.1) is 0 Å². The summed E-state index contributed by atoms with van der Waals surface area (Å²) in [5, 5.41) is 13.6. The molecule has 152 valence electrons. The van der Waals surface area contributed by atoms with Gasteiger partial charge in [0.2, 0.25) is 0 Å². The standard InChI is InChI=1S/C22H28BrNO4/c1-22(2,3)28-21(26)24-19(20(25)17-9-11-18(23)12-10-17)13-14-27-15-16-7-5-4-6-8-16/h4-12,19-20,25H,13-15H2,1-3H3,(H,24,26). The van der Waals surface area contributed by atoms with Crippen molar-refractivity contribution in [3.8, 4) is 0 Å². The van der Waals surface area contributed by atoms with Crippen LogP contribution in [0.1, 0.15) is 44.4 Å². The van der Waals surface area contributed by atoms with Gasteiger partial charge in [-0.3, -0.25) is 0 Å². The summed E-state index contributed by atoms with van der Waals surface area (Å²) in [4.78, 5) is 12.2. The highest BCUT2D eigenvalue weighted by atomic mass is 79.9. The molecule has 2 aromatic rings. The van der Waals surface area contributed by atoms with Crippen LogP contribution in [-0.4, -0.2) is 29.4 Å². The molecule has 0 radical (unpaired) electrons. The predicted molar refractivity (Wildman–Crippen MR) is 113 cm³/mol. The van der Waals surface area contributed by atoms with E-state index in [0.29, 0.717) is 25.2 Å². The molecule has 1 amide bonds. The number of aliphatic hydroxyl groups is 1. The number of carbonyl (C=O) groups excluding carboxylic acids is 1. The molecule has 0 saturated heterocycles. The van der Waals surface area contributed by atoms with Crippen LogP contribution in [-0.2, 0) is 16.1 Å². The number of benzene rings is 2. The third kappa shape index (κ3) is 8.00. The zero-order valence-electron chi connectivity index (χ0n) is 16.5. The van der Waals surface area contributed by atoms with Gasteiger partial charge in [-0.25, -0.2) is 4.79 Å². The number of nitrogens with one attached hydrogen (secondary N) is 1. The maximum atomic E-state index is 12.2. The van der Waals surface area contributed by atoms with Crippen molar-refractivity contribution in [3.63, 3.8) is 0 Å². The summed E-state index contributed by atoms with van der Waals surface area (Å²) in [5.74, 6) is 0. The summed E-state index contributed by atoms with van der Waals surface area (Å²) >= 11 is 3.39. The van der Waals surface area contributed by atoms with Gasteiger partial charge in [-0.15, -0.1) is 0 Å². The lowest BCUT2D eigenvalue weighted by Crippen LogP contribution is -2.43. The molecule has 0 aromatic heterocycles. The number of alkyl carbamates (subject to hydrolysis) is 1. The molecule has 0 fully saturated rings. The minimum atomic E-state index is -0.874. The summed E-state index contributed by atoms with van der Waals surface area (Å²) in [6.45, 7) is 6.28. The van der Waals surface area contributed by atoms with Crippen molar-refractivity contribution in [1.82, 2.24) is 5.32 Å². The Morgan fingerprint density at radius 3 is 2.36 bits per heavy atom. The Morgan fingerprint density at radius 2 is 1.75 bits per heavy atom. The Labute approximate surface area is 175 Å². The number of amides is 1. The van der Waals surface area contributed by atoms with Gasteiger partial charge in [-0.2, -0.15) is 0 Å². The van der Waals surface area contributed by atoms with Gasteiger partial charge in [-0.1, -0.05) is 58.4 Å². The minimum absolute atomic E-state index is 0.392. The van der Waals surface area contributed by atoms with Gasteiger partial charge >= 0.3 is 6.09 Å². The number of hydrogen-bond acceptors (Lipinski definition) is 4. The molecule has 0 spiro atoms. The van der Waals surface area contributed by atoms with Crippen LogP contribution < -0.4 is 5.32 Å². The summed E-state index contributed by atoms with van der Waals surface area (Å²) in [6, 6.07) is 16.7. The van der Waals surface area contributed by atoms with Crippen molar-refractivity contribution in [3.05, 3.63) is 70.2 Å². The fourth-order valence-corrected chi connectivity index (χ4v) is 2.90. The molecule has 0 bridgehead atoms. The molecule has 2 aromatic carbocycles. The zero-order valence-corrected chi connectivity index (χ0v) is 18.1.